The van der Waals surface area contributed by atoms with Crippen molar-refractivity contribution in [3.8, 4) is 0 Å². The van der Waals surface area contributed by atoms with Gasteiger partial charge in [-0.05, 0) is 36.7 Å². The van der Waals surface area contributed by atoms with Crippen LogP contribution in [0.25, 0.3) is 0 Å². The smallest absolute Gasteiger partial charge is 0.0369 e. The lowest BCUT2D eigenvalue weighted by Gasteiger charge is -2.34. The van der Waals surface area contributed by atoms with Crippen molar-refractivity contribution in [3.05, 3.63) is 65.7 Å². The standard InChI is InChI=1S/C18H22N2/c1-19-10-12-20(13-11-19)18-9-5-8-17(15-18)14-16-6-3-2-4-7-16/h2-9,15H,10-14H2,1H3. The molecule has 2 heteroatoms. The second-order valence-corrected chi connectivity index (χ2v) is 5.62. The molecular weight excluding hydrogens is 244 g/mol. The van der Waals surface area contributed by atoms with E-state index in [1.807, 2.05) is 0 Å². The molecule has 0 unspecified atom stereocenters. The number of nitrogens with zero attached hydrogens (tertiary/aromatic N) is 2. The largest absolute Gasteiger partial charge is 0.369 e. The van der Waals surface area contributed by atoms with E-state index < -0.39 is 0 Å². The van der Waals surface area contributed by atoms with E-state index in [1.54, 1.807) is 0 Å². The molecule has 0 spiro atoms. The fourth-order valence-corrected chi connectivity index (χ4v) is 2.76. The topological polar surface area (TPSA) is 6.48 Å². The molecule has 0 aromatic heterocycles. The number of hydrogen-bond donors (Lipinski definition) is 0. The molecule has 0 radical (unpaired) electrons. The lowest BCUT2D eigenvalue weighted by Crippen LogP contribution is -2.44. The molecule has 0 amide bonds. The van der Waals surface area contributed by atoms with E-state index in [0.29, 0.717) is 0 Å². The molecule has 104 valence electrons. The van der Waals surface area contributed by atoms with Gasteiger partial charge in [0, 0.05) is 31.9 Å². The van der Waals surface area contributed by atoms with E-state index in [1.165, 1.54) is 16.8 Å². The molecule has 2 aromatic rings. The summed E-state index contributed by atoms with van der Waals surface area (Å²) in [5.41, 5.74) is 4.14. The zero-order valence-electron chi connectivity index (χ0n) is 12.1. The van der Waals surface area contributed by atoms with Crippen molar-refractivity contribution < 1.29 is 0 Å². The number of likely N-dealkylation sites (N-methyl/N-ethyl adjacent to an activating group) is 1. The molecule has 2 nitrogen and oxygen atoms in total. The van der Waals surface area contributed by atoms with Crippen molar-refractivity contribution in [2.75, 3.05) is 38.1 Å². The van der Waals surface area contributed by atoms with Crippen LogP contribution in [0.5, 0.6) is 0 Å². The van der Waals surface area contributed by atoms with Crippen molar-refractivity contribution in [1.82, 2.24) is 4.90 Å². The molecule has 0 saturated carbocycles. The van der Waals surface area contributed by atoms with Gasteiger partial charge in [0.2, 0.25) is 0 Å². The Hall–Kier alpha value is -1.80. The lowest BCUT2D eigenvalue weighted by molar-refractivity contribution is 0.313. The number of hydrogen-bond acceptors (Lipinski definition) is 2. The monoisotopic (exact) mass is 266 g/mol. The highest BCUT2D eigenvalue weighted by Gasteiger charge is 2.14. The maximum Gasteiger partial charge on any atom is 0.0369 e. The van der Waals surface area contributed by atoms with E-state index in [4.69, 9.17) is 0 Å². The summed E-state index contributed by atoms with van der Waals surface area (Å²) in [4.78, 5) is 4.89. The van der Waals surface area contributed by atoms with Crippen molar-refractivity contribution in [2.24, 2.45) is 0 Å². The Bertz CT molecular complexity index is 542. The molecule has 2 aromatic carbocycles. The summed E-state index contributed by atoms with van der Waals surface area (Å²) in [6.45, 7) is 4.57. The first-order valence-electron chi connectivity index (χ1n) is 7.37. The van der Waals surface area contributed by atoms with Crippen LogP contribution in [0.3, 0.4) is 0 Å². The van der Waals surface area contributed by atoms with Gasteiger partial charge in [-0.3, -0.25) is 0 Å². The number of rotatable bonds is 3. The zero-order chi connectivity index (χ0) is 13.8. The van der Waals surface area contributed by atoms with Crippen molar-refractivity contribution in [2.45, 2.75) is 6.42 Å². The predicted molar refractivity (Wildman–Crippen MR) is 85.4 cm³/mol. The van der Waals surface area contributed by atoms with Gasteiger partial charge in [-0.1, -0.05) is 42.5 Å². The van der Waals surface area contributed by atoms with E-state index in [2.05, 4.69) is 71.4 Å². The third-order valence-corrected chi connectivity index (χ3v) is 4.03. The molecule has 0 bridgehead atoms. The van der Waals surface area contributed by atoms with Crippen LogP contribution < -0.4 is 4.90 Å². The van der Waals surface area contributed by atoms with Crippen LogP contribution in [-0.4, -0.2) is 38.1 Å². The summed E-state index contributed by atoms with van der Waals surface area (Å²) >= 11 is 0. The highest BCUT2D eigenvalue weighted by atomic mass is 15.2. The quantitative estimate of drug-likeness (QED) is 0.842. The van der Waals surface area contributed by atoms with Gasteiger partial charge in [0.1, 0.15) is 0 Å². The molecule has 1 aliphatic heterocycles. The van der Waals surface area contributed by atoms with Gasteiger partial charge in [0.15, 0.2) is 0 Å². The minimum Gasteiger partial charge on any atom is -0.369 e. The van der Waals surface area contributed by atoms with Crippen molar-refractivity contribution in [3.63, 3.8) is 0 Å². The maximum atomic E-state index is 2.49. The Kier molecular flexibility index (Phi) is 4.03. The summed E-state index contributed by atoms with van der Waals surface area (Å²) in [6.07, 6.45) is 1.02. The van der Waals surface area contributed by atoms with E-state index in [0.717, 1.165) is 32.6 Å². The highest BCUT2D eigenvalue weighted by molar-refractivity contribution is 5.49. The van der Waals surface area contributed by atoms with Crippen LogP contribution in [-0.2, 0) is 6.42 Å². The Morgan fingerprint density at radius 3 is 2.25 bits per heavy atom. The van der Waals surface area contributed by atoms with Gasteiger partial charge in [-0.25, -0.2) is 0 Å². The average molecular weight is 266 g/mol. The van der Waals surface area contributed by atoms with E-state index >= 15 is 0 Å². The van der Waals surface area contributed by atoms with E-state index in [9.17, 15) is 0 Å². The third kappa shape index (κ3) is 3.20. The molecular formula is C18H22N2. The maximum absolute atomic E-state index is 2.49. The van der Waals surface area contributed by atoms with Crippen LogP contribution in [0.2, 0.25) is 0 Å². The Morgan fingerprint density at radius 2 is 1.50 bits per heavy atom. The molecule has 0 atom stereocenters. The summed E-state index contributed by atoms with van der Waals surface area (Å²) in [6, 6.07) is 19.7. The van der Waals surface area contributed by atoms with Gasteiger partial charge in [0.25, 0.3) is 0 Å². The minimum absolute atomic E-state index is 1.02. The summed E-state index contributed by atoms with van der Waals surface area (Å²) < 4.78 is 0. The van der Waals surface area contributed by atoms with Crippen molar-refractivity contribution >= 4 is 5.69 Å². The number of benzene rings is 2. The highest BCUT2D eigenvalue weighted by Crippen LogP contribution is 2.19. The Morgan fingerprint density at radius 1 is 0.800 bits per heavy atom. The Balaban J connectivity index is 1.73. The Labute approximate surface area is 121 Å². The first-order chi connectivity index (χ1) is 9.81. The normalized spacial score (nSPS) is 16.4. The zero-order valence-corrected chi connectivity index (χ0v) is 12.1. The summed E-state index contributed by atoms with van der Waals surface area (Å²) in [7, 11) is 2.20. The molecule has 1 saturated heterocycles. The van der Waals surface area contributed by atoms with Gasteiger partial charge < -0.3 is 9.80 Å². The SMILES string of the molecule is CN1CCN(c2cccc(Cc3ccccc3)c2)CC1. The predicted octanol–water partition coefficient (Wildman–Crippen LogP) is 3.03. The van der Waals surface area contributed by atoms with Crippen LogP contribution >= 0.6 is 0 Å². The van der Waals surface area contributed by atoms with Crippen LogP contribution in [0, 0.1) is 0 Å². The van der Waals surface area contributed by atoms with E-state index in [-0.39, 0.29) is 0 Å². The molecule has 20 heavy (non-hydrogen) atoms. The number of anilines is 1. The lowest BCUT2D eigenvalue weighted by atomic mass is 10.0. The third-order valence-electron chi connectivity index (χ3n) is 4.03. The summed E-state index contributed by atoms with van der Waals surface area (Å²) in [5, 5.41) is 0. The van der Waals surface area contributed by atoms with Crippen LogP contribution in [0.4, 0.5) is 5.69 Å². The van der Waals surface area contributed by atoms with Gasteiger partial charge in [-0.15, -0.1) is 0 Å². The molecule has 0 aliphatic carbocycles. The molecule has 3 rings (SSSR count). The second-order valence-electron chi connectivity index (χ2n) is 5.62. The minimum atomic E-state index is 1.02. The van der Waals surface area contributed by atoms with Crippen LogP contribution in [0.1, 0.15) is 11.1 Å². The fraction of sp³-hybridized carbons (Fsp3) is 0.333. The fourth-order valence-electron chi connectivity index (χ4n) is 2.76. The van der Waals surface area contributed by atoms with Crippen molar-refractivity contribution in [1.29, 1.82) is 0 Å². The molecule has 1 aliphatic rings. The number of piperazine rings is 1. The summed E-state index contributed by atoms with van der Waals surface area (Å²) in [5.74, 6) is 0. The molecule has 1 fully saturated rings. The first-order valence-corrected chi connectivity index (χ1v) is 7.37. The van der Waals surface area contributed by atoms with Crippen LogP contribution in [0.15, 0.2) is 54.6 Å². The average Bonchev–Trinajstić information content (AvgIpc) is 2.49. The second kappa shape index (κ2) is 6.10. The van der Waals surface area contributed by atoms with Gasteiger partial charge in [-0.2, -0.15) is 0 Å². The van der Waals surface area contributed by atoms with Gasteiger partial charge in [0.05, 0.1) is 0 Å². The molecule has 0 N–H and O–H groups in total. The first kappa shape index (κ1) is 13.2. The van der Waals surface area contributed by atoms with Gasteiger partial charge >= 0.3 is 0 Å². The molecule has 1 heterocycles.